The van der Waals surface area contributed by atoms with E-state index in [0.717, 1.165) is 16.8 Å². The predicted molar refractivity (Wildman–Crippen MR) is 75.6 cm³/mol. The van der Waals surface area contributed by atoms with Crippen LogP contribution >= 0.6 is 11.3 Å². The average molecular weight is 258 g/mol. The molecule has 1 amide bonds. The minimum atomic E-state index is -0.147. The molecule has 0 fully saturated rings. The van der Waals surface area contributed by atoms with E-state index in [4.69, 9.17) is 0 Å². The van der Waals surface area contributed by atoms with Gasteiger partial charge in [-0.1, -0.05) is 30.3 Å². The Morgan fingerprint density at radius 2 is 2.06 bits per heavy atom. The van der Waals surface area contributed by atoms with Gasteiger partial charge in [0.1, 0.15) is 0 Å². The maximum atomic E-state index is 11.8. The van der Waals surface area contributed by atoms with Crippen LogP contribution in [0, 0.1) is 6.92 Å². The number of allylic oxidation sites excluding steroid dienone is 1. The molecule has 0 aliphatic carbocycles. The number of benzene rings is 1. The standard InChI is InChI=1S/C14H14N2OS/c1-10(12-6-4-3-5-7-12)8-13(17)16-14-15-11(2)9-18-14/h3-9H,1-2H3,(H,15,16,17)/b10-8-. The second-order valence-electron chi connectivity index (χ2n) is 3.98. The van der Waals surface area contributed by atoms with E-state index in [0.29, 0.717) is 5.13 Å². The molecule has 0 radical (unpaired) electrons. The second-order valence-corrected chi connectivity index (χ2v) is 4.83. The molecular formula is C14H14N2OS. The van der Waals surface area contributed by atoms with Crippen LogP contribution < -0.4 is 5.32 Å². The van der Waals surface area contributed by atoms with Crippen molar-refractivity contribution in [1.82, 2.24) is 4.98 Å². The van der Waals surface area contributed by atoms with Crippen LogP contribution in [-0.4, -0.2) is 10.9 Å². The van der Waals surface area contributed by atoms with Crippen molar-refractivity contribution in [2.75, 3.05) is 5.32 Å². The molecule has 0 atom stereocenters. The van der Waals surface area contributed by atoms with Crippen molar-refractivity contribution in [2.24, 2.45) is 0 Å². The van der Waals surface area contributed by atoms with Crippen molar-refractivity contribution < 1.29 is 4.79 Å². The summed E-state index contributed by atoms with van der Waals surface area (Å²) in [4.78, 5) is 16.0. The number of carbonyl (C=O) groups excluding carboxylic acids is 1. The van der Waals surface area contributed by atoms with E-state index in [1.165, 1.54) is 11.3 Å². The fourth-order valence-electron chi connectivity index (χ4n) is 1.53. The highest BCUT2D eigenvalue weighted by molar-refractivity contribution is 7.13. The number of aromatic nitrogens is 1. The lowest BCUT2D eigenvalue weighted by Gasteiger charge is -2.01. The highest BCUT2D eigenvalue weighted by Gasteiger charge is 2.03. The van der Waals surface area contributed by atoms with Crippen LogP contribution in [0.15, 0.2) is 41.8 Å². The number of hydrogen-bond donors (Lipinski definition) is 1. The molecule has 0 unspecified atom stereocenters. The smallest absolute Gasteiger partial charge is 0.250 e. The van der Waals surface area contributed by atoms with Gasteiger partial charge in [0.2, 0.25) is 5.91 Å². The lowest BCUT2D eigenvalue weighted by atomic mass is 10.1. The van der Waals surface area contributed by atoms with Crippen molar-refractivity contribution in [3.63, 3.8) is 0 Å². The van der Waals surface area contributed by atoms with Crippen LogP contribution in [0.1, 0.15) is 18.2 Å². The third kappa shape index (κ3) is 3.28. The maximum Gasteiger partial charge on any atom is 0.250 e. The quantitative estimate of drug-likeness (QED) is 0.856. The third-order valence-corrected chi connectivity index (χ3v) is 3.30. The molecular weight excluding hydrogens is 244 g/mol. The number of anilines is 1. The van der Waals surface area contributed by atoms with E-state index in [2.05, 4.69) is 10.3 Å². The van der Waals surface area contributed by atoms with Gasteiger partial charge < -0.3 is 0 Å². The Hall–Kier alpha value is -1.94. The topological polar surface area (TPSA) is 42.0 Å². The van der Waals surface area contributed by atoms with Crippen LogP contribution in [0.2, 0.25) is 0 Å². The first-order valence-corrected chi connectivity index (χ1v) is 6.50. The lowest BCUT2D eigenvalue weighted by Crippen LogP contribution is -2.08. The first-order chi connectivity index (χ1) is 8.65. The molecule has 0 aliphatic heterocycles. The van der Waals surface area contributed by atoms with Gasteiger partial charge in [-0.05, 0) is 25.0 Å². The second kappa shape index (κ2) is 5.60. The van der Waals surface area contributed by atoms with Crippen molar-refractivity contribution in [3.8, 4) is 0 Å². The summed E-state index contributed by atoms with van der Waals surface area (Å²) in [6, 6.07) is 9.82. The number of hydrogen-bond acceptors (Lipinski definition) is 3. The molecule has 18 heavy (non-hydrogen) atoms. The van der Waals surface area contributed by atoms with E-state index in [9.17, 15) is 4.79 Å². The van der Waals surface area contributed by atoms with E-state index in [-0.39, 0.29) is 5.91 Å². The SMILES string of the molecule is C/C(=C/C(=O)Nc1nc(C)cs1)c1ccccc1. The van der Waals surface area contributed by atoms with Gasteiger partial charge in [-0.2, -0.15) is 0 Å². The number of carbonyl (C=O) groups is 1. The minimum Gasteiger partial charge on any atom is -0.298 e. The third-order valence-electron chi connectivity index (χ3n) is 2.43. The van der Waals surface area contributed by atoms with Crippen LogP contribution in [0.4, 0.5) is 5.13 Å². The number of nitrogens with one attached hydrogen (secondary N) is 1. The first kappa shape index (κ1) is 12.5. The number of amides is 1. The molecule has 1 aromatic heterocycles. The average Bonchev–Trinajstić information content (AvgIpc) is 2.75. The number of nitrogens with zero attached hydrogens (tertiary/aromatic N) is 1. The molecule has 0 spiro atoms. The molecule has 2 rings (SSSR count). The minimum absolute atomic E-state index is 0.147. The first-order valence-electron chi connectivity index (χ1n) is 5.62. The Balaban J connectivity index is 2.06. The van der Waals surface area contributed by atoms with Crippen molar-refractivity contribution in [1.29, 1.82) is 0 Å². The largest absolute Gasteiger partial charge is 0.298 e. The highest BCUT2D eigenvalue weighted by atomic mass is 32.1. The van der Waals surface area contributed by atoms with E-state index < -0.39 is 0 Å². The summed E-state index contributed by atoms with van der Waals surface area (Å²) < 4.78 is 0. The Kier molecular flexibility index (Phi) is 3.89. The van der Waals surface area contributed by atoms with Gasteiger partial charge in [0.25, 0.3) is 0 Å². The summed E-state index contributed by atoms with van der Waals surface area (Å²) in [5, 5.41) is 5.30. The van der Waals surface area contributed by atoms with Gasteiger partial charge in [0.15, 0.2) is 5.13 Å². The fraction of sp³-hybridized carbons (Fsp3) is 0.143. The summed E-state index contributed by atoms with van der Waals surface area (Å²) >= 11 is 1.43. The Morgan fingerprint density at radius 1 is 1.33 bits per heavy atom. The van der Waals surface area contributed by atoms with Gasteiger partial charge in [0.05, 0.1) is 5.69 Å². The summed E-state index contributed by atoms with van der Waals surface area (Å²) in [5.74, 6) is -0.147. The van der Waals surface area contributed by atoms with Gasteiger partial charge in [-0.25, -0.2) is 4.98 Å². The predicted octanol–water partition coefficient (Wildman–Crippen LogP) is 3.49. The van der Waals surface area contributed by atoms with Crippen LogP contribution in [0.5, 0.6) is 0 Å². The van der Waals surface area contributed by atoms with Crippen molar-refractivity contribution >= 4 is 27.9 Å². The Labute approximate surface area is 110 Å². The molecule has 0 aliphatic rings. The number of thiazole rings is 1. The van der Waals surface area contributed by atoms with Gasteiger partial charge in [0, 0.05) is 11.5 Å². The molecule has 92 valence electrons. The van der Waals surface area contributed by atoms with Crippen LogP contribution in [0.25, 0.3) is 5.57 Å². The Morgan fingerprint density at radius 3 is 2.67 bits per heavy atom. The van der Waals surface area contributed by atoms with E-state index >= 15 is 0 Å². The number of aryl methyl sites for hydroxylation is 1. The molecule has 1 N–H and O–H groups in total. The molecule has 1 aromatic carbocycles. The summed E-state index contributed by atoms with van der Waals surface area (Å²) in [6.45, 7) is 3.82. The fourth-order valence-corrected chi connectivity index (χ4v) is 2.22. The molecule has 4 heteroatoms. The van der Waals surface area contributed by atoms with Gasteiger partial charge >= 0.3 is 0 Å². The van der Waals surface area contributed by atoms with Gasteiger partial charge in [-0.15, -0.1) is 11.3 Å². The zero-order valence-corrected chi connectivity index (χ0v) is 11.1. The van der Waals surface area contributed by atoms with Crippen LogP contribution in [-0.2, 0) is 4.79 Å². The molecule has 0 saturated carbocycles. The van der Waals surface area contributed by atoms with E-state index in [1.807, 2.05) is 49.6 Å². The summed E-state index contributed by atoms with van der Waals surface area (Å²) in [5.41, 5.74) is 2.89. The van der Waals surface area contributed by atoms with Crippen molar-refractivity contribution in [3.05, 3.63) is 53.0 Å². The Bertz CT molecular complexity index is 572. The highest BCUT2D eigenvalue weighted by Crippen LogP contribution is 2.16. The summed E-state index contributed by atoms with van der Waals surface area (Å²) in [7, 11) is 0. The molecule has 0 bridgehead atoms. The molecule has 1 heterocycles. The lowest BCUT2D eigenvalue weighted by molar-refractivity contribution is -0.111. The maximum absolute atomic E-state index is 11.8. The number of rotatable bonds is 3. The van der Waals surface area contributed by atoms with Crippen LogP contribution in [0.3, 0.4) is 0 Å². The van der Waals surface area contributed by atoms with E-state index in [1.54, 1.807) is 6.08 Å². The molecule has 2 aromatic rings. The normalized spacial score (nSPS) is 11.3. The van der Waals surface area contributed by atoms with Gasteiger partial charge in [-0.3, -0.25) is 10.1 Å². The molecule has 3 nitrogen and oxygen atoms in total. The monoisotopic (exact) mass is 258 g/mol. The van der Waals surface area contributed by atoms with Crippen molar-refractivity contribution in [2.45, 2.75) is 13.8 Å². The molecule has 0 saturated heterocycles. The zero-order chi connectivity index (χ0) is 13.0. The summed E-state index contributed by atoms with van der Waals surface area (Å²) in [6.07, 6.45) is 1.59. The zero-order valence-electron chi connectivity index (χ0n) is 10.3.